The van der Waals surface area contributed by atoms with E-state index >= 15 is 0 Å². The summed E-state index contributed by atoms with van der Waals surface area (Å²) in [7, 11) is 0. The van der Waals surface area contributed by atoms with Gasteiger partial charge in [-0.05, 0) is 43.1 Å². The Labute approximate surface area is 128 Å². The highest BCUT2D eigenvalue weighted by atomic mass is 79.9. The van der Waals surface area contributed by atoms with E-state index in [2.05, 4.69) is 37.2 Å². The Hall–Kier alpha value is -0.0700. The topological polar surface area (TPSA) is 12.0 Å². The molecule has 0 amide bonds. The zero-order valence-electron chi connectivity index (χ0n) is 10.5. The molecule has 0 saturated carbocycles. The van der Waals surface area contributed by atoms with Gasteiger partial charge in [0.05, 0.1) is 0 Å². The highest BCUT2D eigenvalue weighted by Gasteiger charge is 2.26. The van der Waals surface area contributed by atoms with Crippen molar-refractivity contribution < 1.29 is 13.2 Å². The molecule has 1 aromatic carbocycles. The molecule has 0 aliphatic rings. The summed E-state index contributed by atoms with van der Waals surface area (Å²) in [6.07, 6.45) is -4.21. The molecule has 0 radical (unpaired) electrons. The van der Waals surface area contributed by atoms with Crippen molar-refractivity contribution in [3.8, 4) is 0 Å². The SMILES string of the molecule is CCNC(CCCC(F)(F)F)c1cc(Br)cc(Br)c1. The molecule has 0 aliphatic heterocycles. The molecule has 19 heavy (non-hydrogen) atoms. The van der Waals surface area contributed by atoms with E-state index in [1.165, 1.54) is 0 Å². The van der Waals surface area contributed by atoms with E-state index in [1.807, 2.05) is 25.1 Å². The lowest BCUT2D eigenvalue weighted by atomic mass is 10.0. The van der Waals surface area contributed by atoms with Crippen LogP contribution in [-0.2, 0) is 0 Å². The van der Waals surface area contributed by atoms with Gasteiger partial charge in [0.2, 0.25) is 0 Å². The van der Waals surface area contributed by atoms with Crippen molar-refractivity contribution in [2.75, 3.05) is 6.54 Å². The largest absolute Gasteiger partial charge is 0.389 e. The second-order valence-electron chi connectivity index (χ2n) is 4.32. The Morgan fingerprint density at radius 2 is 1.74 bits per heavy atom. The van der Waals surface area contributed by atoms with Crippen LogP contribution in [0.3, 0.4) is 0 Å². The van der Waals surface area contributed by atoms with E-state index in [0.29, 0.717) is 6.42 Å². The number of benzene rings is 1. The van der Waals surface area contributed by atoms with E-state index in [-0.39, 0.29) is 12.5 Å². The molecule has 1 aromatic rings. The molecule has 0 spiro atoms. The first-order valence-electron chi connectivity index (χ1n) is 6.08. The van der Waals surface area contributed by atoms with Crippen molar-refractivity contribution in [3.05, 3.63) is 32.7 Å². The zero-order chi connectivity index (χ0) is 14.5. The molecule has 0 heterocycles. The molecule has 0 fully saturated rings. The number of nitrogens with one attached hydrogen (secondary N) is 1. The van der Waals surface area contributed by atoms with Gasteiger partial charge in [-0.15, -0.1) is 0 Å². The first-order chi connectivity index (χ1) is 8.81. The monoisotopic (exact) mass is 401 g/mol. The lowest BCUT2D eigenvalue weighted by Gasteiger charge is -2.19. The molecule has 1 nitrogen and oxygen atoms in total. The predicted octanol–water partition coefficient (Wildman–Crippen LogP) is 5.59. The Bertz CT molecular complexity index is 387. The quantitative estimate of drug-likeness (QED) is 0.653. The average Bonchev–Trinajstić information content (AvgIpc) is 2.25. The van der Waals surface area contributed by atoms with Crippen LogP contribution in [0.2, 0.25) is 0 Å². The van der Waals surface area contributed by atoms with Crippen molar-refractivity contribution >= 4 is 31.9 Å². The summed E-state index contributed by atoms with van der Waals surface area (Å²) < 4.78 is 38.4. The van der Waals surface area contributed by atoms with Gasteiger partial charge in [0.15, 0.2) is 0 Å². The summed E-state index contributed by atoms with van der Waals surface area (Å²) in [5, 5.41) is 3.23. The van der Waals surface area contributed by atoms with Crippen LogP contribution in [0.5, 0.6) is 0 Å². The molecule has 0 saturated heterocycles. The zero-order valence-corrected chi connectivity index (χ0v) is 13.7. The van der Waals surface area contributed by atoms with E-state index in [9.17, 15) is 13.2 Å². The Balaban J connectivity index is 2.71. The predicted molar refractivity (Wildman–Crippen MR) is 78.2 cm³/mol. The molecule has 1 unspecified atom stereocenters. The summed E-state index contributed by atoms with van der Waals surface area (Å²) in [6.45, 7) is 2.67. The van der Waals surface area contributed by atoms with Gasteiger partial charge in [0, 0.05) is 21.4 Å². The minimum Gasteiger partial charge on any atom is -0.310 e. The maximum Gasteiger partial charge on any atom is 0.389 e. The fourth-order valence-electron chi connectivity index (χ4n) is 1.92. The van der Waals surface area contributed by atoms with Crippen molar-refractivity contribution in [2.45, 2.75) is 38.4 Å². The third-order valence-corrected chi connectivity index (χ3v) is 3.61. The van der Waals surface area contributed by atoms with Gasteiger partial charge in [-0.2, -0.15) is 13.2 Å². The van der Waals surface area contributed by atoms with Gasteiger partial charge in [0.1, 0.15) is 0 Å². The van der Waals surface area contributed by atoms with Crippen LogP contribution in [0.1, 0.15) is 37.8 Å². The molecule has 1 N–H and O–H groups in total. The lowest BCUT2D eigenvalue weighted by molar-refractivity contribution is -0.135. The van der Waals surface area contributed by atoms with Gasteiger partial charge < -0.3 is 5.32 Å². The average molecular weight is 403 g/mol. The van der Waals surface area contributed by atoms with Crippen LogP contribution in [0.15, 0.2) is 27.1 Å². The van der Waals surface area contributed by atoms with Crippen LogP contribution in [0, 0.1) is 0 Å². The van der Waals surface area contributed by atoms with Crippen molar-refractivity contribution in [2.24, 2.45) is 0 Å². The molecule has 1 atom stereocenters. The summed E-state index contributed by atoms with van der Waals surface area (Å²) >= 11 is 6.79. The van der Waals surface area contributed by atoms with Crippen LogP contribution in [-0.4, -0.2) is 12.7 Å². The second kappa shape index (κ2) is 7.64. The minimum atomic E-state index is -4.07. The number of hydrogen-bond donors (Lipinski definition) is 1. The molecule has 108 valence electrons. The lowest BCUT2D eigenvalue weighted by Crippen LogP contribution is -2.21. The van der Waals surface area contributed by atoms with Gasteiger partial charge >= 0.3 is 6.18 Å². The summed E-state index contributed by atoms with van der Waals surface area (Å²) in [5.41, 5.74) is 0.991. The number of hydrogen-bond acceptors (Lipinski definition) is 1. The van der Waals surface area contributed by atoms with Crippen LogP contribution < -0.4 is 5.32 Å². The molecule has 1 rings (SSSR count). The minimum absolute atomic E-state index is 0.0545. The second-order valence-corrected chi connectivity index (χ2v) is 6.15. The maximum atomic E-state index is 12.2. The van der Waals surface area contributed by atoms with E-state index in [1.54, 1.807) is 0 Å². The summed E-state index contributed by atoms with van der Waals surface area (Å²) in [4.78, 5) is 0. The molecular weight excluding hydrogens is 387 g/mol. The summed E-state index contributed by atoms with van der Waals surface area (Å²) in [6, 6.07) is 5.72. The number of alkyl halides is 3. The highest BCUT2D eigenvalue weighted by Crippen LogP contribution is 2.29. The molecule has 6 heteroatoms. The first kappa shape index (κ1) is 17.0. The van der Waals surface area contributed by atoms with E-state index in [0.717, 1.165) is 21.1 Å². The highest BCUT2D eigenvalue weighted by molar-refractivity contribution is 9.11. The van der Waals surface area contributed by atoms with E-state index in [4.69, 9.17) is 0 Å². The Kier molecular flexibility index (Phi) is 6.83. The smallest absolute Gasteiger partial charge is 0.310 e. The third-order valence-electron chi connectivity index (χ3n) is 2.69. The number of rotatable bonds is 6. The number of halogens is 5. The molecular formula is C13H16Br2F3N. The van der Waals surface area contributed by atoms with E-state index < -0.39 is 12.6 Å². The van der Waals surface area contributed by atoms with Gasteiger partial charge in [-0.25, -0.2) is 0 Å². The third kappa shape index (κ3) is 6.77. The maximum absolute atomic E-state index is 12.2. The standard InChI is InChI=1S/C13H16Br2F3N/c1-2-19-12(4-3-5-13(16,17)18)9-6-10(14)8-11(15)7-9/h6-8,12,19H,2-5H2,1H3. The Morgan fingerprint density at radius 3 is 2.21 bits per heavy atom. The van der Waals surface area contributed by atoms with Gasteiger partial charge in [-0.1, -0.05) is 38.8 Å². The molecule has 0 bridgehead atoms. The normalized spacial score (nSPS) is 13.6. The van der Waals surface area contributed by atoms with Crippen LogP contribution >= 0.6 is 31.9 Å². The molecule has 0 aromatic heterocycles. The van der Waals surface area contributed by atoms with Crippen LogP contribution in [0.4, 0.5) is 13.2 Å². The van der Waals surface area contributed by atoms with Crippen molar-refractivity contribution in [1.82, 2.24) is 5.32 Å². The van der Waals surface area contributed by atoms with Crippen molar-refractivity contribution in [1.29, 1.82) is 0 Å². The summed E-state index contributed by atoms with van der Waals surface area (Å²) in [5.74, 6) is 0. The van der Waals surface area contributed by atoms with Gasteiger partial charge in [-0.3, -0.25) is 0 Å². The van der Waals surface area contributed by atoms with Crippen LogP contribution in [0.25, 0.3) is 0 Å². The van der Waals surface area contributed by atoms with Crippen molar-refractivity contribution in [3.63, 3.8) is 0 Å². The van der Waals surface area contributed by atoms with Gasteiger partial charge in [0.25, 0.3) is 0 Å². The fraction of sp³-hybridized carbons (Fsp3) is 0.538. The Morgan fingerprint density at radius 1 is 1.16 bits per heavy atom. The molecule has 0 aliphatic carbocycles. The fourth-order valence-corrected chi connectivity index (χ4v) is 3.25. The first-order valence-corrected chi connectivity index (χ1v) is 7.66.